The van der Waals surface area contributed by atoms with Crippen LogP contribution in [-0.2, 0) is 13.8 Å². The molecule has 1 aliphatic heterocycles. The molecule has 1 unspecified atom stereocenters. The van der Waals surface area contributed by atoms with Gasteiger partial charge in [-0.05, 0) is 4.57 Å². The van der Waals surface area contributed by atoms with Crippen molar-refractivity contribution in [3.63, 3.8) is 0 Å². The van der Waals surface area contributed by atoms with E-state index in [0.29, 0.717) is 5.75 Å². The third-order valence-electron chi connectivity index (χ3n) is 2.29. The fourth-order valence-electron chi connectivity index (χ4n) is 1.46. The Morgan fingerprint density at radius 2 is 2.53 bits per heavy atom. The first-order chi connectivity index (χ1) is 8.97. The molecule has 1 fully saturated rings. The molecule has 104 valence electrons. The summed E-state index contributed by atoms with van der Waals surface area (Å²) in [7, 11) is -2.95. The van der Waals surface area contributed by atoms with Crippen molar-refractivity contribution in [3.8, 4) is 0 Å². The van der Waals surface area contributed by atoms with E-state index in [-0.39, 0.29) is 6.61 Å². The van der Waals surface area contributed by atoms with Crippen LogP contribution < -0.4 is 16.3 Å². The van der Waals surface area contributed by atoms with Crippen LogP contribution in [0.5, 0.6) is 0 Å². The van der Waals surface area contributed by atoms with Gasteiger partial charge in [-0.25, -0.2) is 9.18 Å². The Bertz CT molecular complexity index is 556. The number of rotatable bonds is 4. The zero-order chi connectivity index (χ0) is 14.0. The molecular formula is C8H9FN3O5PS. The van der Waals surface area contributed by atoms with Gasteiger partial charge in [0.2, 0.25) is 0 Å². The fourth-order valence-corrected chi connectivity index (χ4v) is 2.81. The Morgan fingerprint density at radius 3 is 3.21 bits per heavy atom. The van der Waals surface area contributed by atoms with Gasteiger partial charge in [0.15, 0.2) is 11.6 Å². The Hall–Kier alpha value is -1.06. The first-order valence-corrected chi connectivity index (χ1v) is 7.20. The second kappa shape index (κ2) is 5.93. The quantitative estimate of drug-likeness (QED) is 0.745. The van der Waals surface area contributed by atoms with Crippen LogP contribution in [0.25, 0.3) is 0 Å². The van der Waals surface area contributed by atoms with E-state index in [2.05, 4.69) is 9.51 Å². The lowest BCUT2D eigenvalue weighted by atomic mass is 10.5. The van der Waals surface area contributed by atoms with Crippen molar-refractivity contribution >= 4 is 25.8 Å². The Balaban J connectivity index is 2.07. The van der Waals surface area contributed by atoms with E-state index < -0.39 is 37.2 Å². The Morgan fingerprint density at radius 1 is 1.79 bits per heavy atom. The molecule has 0 radical (unpaired) electrons. The first-order valence-electron chi connectivity index (χ1n) is 5.06. The average molecular weight is 309 g/mol. The van der Waals surface area contributed by atoms with Crippen LogP contribution in [0.1, 0.15) is 6.23 Å². The zero-order valence-electron chi connectivity index (χ0n) is 9.39. The molecule has 0 amide bonds. The average Bonchev–Trinajstić information content (AvgIpc) is 2.80. The van der Waals surface area contributed by atoms with E-state index in [1.807, 2.05) is 0 Å². The molecule has 2 rings (SSSR count). The summed E-state index contributed by atoms with van der Waals surface area (Å²) in [6.45, 7) is -0.167. The summed E-state index contributed by atoms with van der Waals surface area (Å²) in [5, 5.41) is 0. The predicted molar refractivity (Wildman–Crippen MR) is 62.8 cm³/mol. The van der Waals surface area contributed by atoms with Crippen LogP contribution in [0, 0.1) is 5.82 Å². The number of hydrogen-bond donors (Lipinski definition) is 1. The molecule has 2 heterocycles. The largest absolute Gasteiger partial charge is 0.566 e. The lowest BCUT2D eigenvalue weighted by molar-refractivity contribution is -0.187. The highest BCUT2D eigenvalue weighted by Crippen LogP contribution is 2.32. The number of hydrogen-bond acceptors (Lipinski definition) is 8. The molecule has 0 spiro atoms. The van der Waals surface area contributed by atoms with Crippen LogP contribution >= 0.6 is 20.0 Å². The molecule has 0 saturated carbocycles. The van der Waals surface area contributed by atoms with Gasteiger partial charge in [0, 0.05) is 5.75 Å². The molecule has 0 aliphatic carbocycles. The molecule has 0 bridgehead atoms. The maximum atomic E-state index is 13.2. The van der Waals surface area contributed by atoms with Crippen LogP contribution in [0.15, 0.2) is 11.0 Å². The van der Waals surface area contributed by atoms with Gasteiger partial charge in [-0.3, -0.25) is 4.57 Å². The molecule has 11 heteroatoms. The van der Waals surface area contributed by atoms with Crippen LogP contribution in [0.4, 0.5) is 10.2 Å². The number of halogens is 1. The first kappa shape index (κ1) is 14.4. The van der Waals surface area contributed by atoms with Crippen molar-refractivity contribution in [3.05, 3.63) is 22.5 Å². The minimum Gasteiger partial charge on any atom is -0.566 e. The van der Waals surface area contributed by atoms with Crippen molar-refractivity contribution in [1.29, 1.82) is 0 Å². The Kier molecular flexibility index (Phi) is 4.48. The molecule has 1 aromatic rings. The second-order valence-corrected chi connectivity index (χ2v) is 5.43. The number of thioether (sulfide) groups is 1. The zero-order valence-corrected chi connectivity index (χ0v) is 11.1. The van der Waals surface area contributed by atoms with Crippen molar-refractivity contribution in [2.75, 3.05) is 18.1 Å². The predicted octanol–water partition coefficient (Wildman–Crippen LogP) is -0.413. The molecule has 8 nitrogen and oxygen atoms in total. The molecule has 0 aromatic carbocycles. The standard InChI is InChI=1S/C8H9FN3O5PS/c9-4-1-12(8(13)11-7(4)10)5-3-19-6(17-5)2-16-18(14)15/h1,5-6H,2-3H2,(H2,10,11,13)/t5-,6+/m1/s1. The maximum Gasteiger partial charge on any atom is 0.488 e. The van der Waals surface area contributed by atoms with E-state index in [1.54, 1.807) is 0 Å². The molecule has 3 atom stereocenters. The topological polar surface area (TPSA) is 120 Å². The van der Waals surface area contributed by atoms with Crippen LogP contribution in [-0.4, -0.2) is 27.3 Å². The minimum absolute atomic E-state index is 0.167. The fraction of sp³-hybridized carbons (Fsp3) is 0.500. The highest BCUT2D eigenvalue weighted by atomic mass is 32.2. The van der Waals surface area contributed by atoms with E-state index in [4.69, 9.17) is 10.5 Å². The lowest BCUT2D eigenvalue weighted by Crippen LogP contribution is -2.29. The molecular weight excluding hydrogens is 300 g/mol. The number of nitrogens with two attached hydrogens (primary N) is 1. The summed E-state index contributed by atoms with van der Waals surface area (Å²) in [6.07, 6.45) is 0.172. The molecule has 1 saturated heterocycles. The van der Waals surface area contributed by atoms with Crippen molar-refractivity contribution in [1.82, 2.24) is 9.55 Å². The van der Waals surface area contributed by atoms with Crippen LogP contribution in [0.3, 0.4) is 0 Å². The van der Waals surface area contributed by atoms with Gasteiger partial charge in [0.25, 0.3) is 0 Å². The van der Waals surface area contributed by atoms with E-state index in [1.165, 1.54) is 11.8 Å². The van der Waals surface area contributed by atoms with Gasteiger partial charge in [-0.15, -0.1) is 16.3 Å². The van der Waals surface area contributed by atoms with Gasteiger partial charge in [0.05, 0.1) is 6.20 Å². The lowest BCUT2D eigenvalue weighted by Gasteiger charge is -2.13. The highest BCUT2D eigenvalue weighted by molar-refractivity contribution is 8.00. The summed E-state index contributed by atoms with van der Waals surface area (Å²) in [5.41, 5.74) is 3.88. The highest BCUT2D eigenvalue weighted by Gasteiger charge is 2.30. The number of aromatic nitrogens is 2. The molecule has 2 N–H and O–H groups in total. The monoisotopic (exact) mass is 309 g/mol. The van der Waals surface area contributed by atoms with Gasteiger partial charge in [-0.2, -0.15) is 4.98 Å². The van der Waals surface area contributed by atoms with Gasteiger partial charge >= 0.3 is 13.9 Å². The van der Waals surface area contributed by atoms with Gasteiger partial charge in [0.1, 0.15) is 18.3 Å². The summed E-state index contributed by atoms with van der Waals surface area (Å²) < 4.78 is 34.2. The molecule has 19 heavy (non-hydrogen) atoms. The normalized spacial score (nSPS) is 23.6. The maximum absolute atomic E-state index is 13.2. The minimum atomic E-state index is -2.95. The summed E-state index contributed by atoms with van der Waals surface area (Å²) >= 11 is 1.25. The van der Waals surface area contributed by atoms with Crippen molar-refractivity contribution in [2.45, 2.75) is 11.7 Å². The van der Waals surface area contributed by atoms with Gasteiger partial charge in [-0.1, -0.05) is 0 Å². The SMILES string of the molecule is Nc1nc(=O)n([C@H]2CS[C@@H](CO[P+](=O)[O-])O2)cc1F. The molecule has 1 aromatic heterocycles. The second-order valence-electron chi connectivity index (χ2n) is 3.54. The van der Waals surface area contributed by atoms with E-state index >= 15 is 0 Å². The third-order valence-corrected chi connectivity index (χ3v) is 3.75. The van der Waals surface area contributed by atoms with Crippen LogP contribution in [0.2, 0.25) is 0 Å². The summed E-state index contributed by atoms with van der Waals surface area (Å²) in [6, 6.07) is 0. The summed E-state index contributed by atoms with van der Waals surface area (Å²) in [4.78, 5) is 25.1. The Labute approximate surface area is 111 Å². The molecule has 1 aliphatic rings. The third kappa shape index (κ3) is 3.48. The number of anilines is 1. The van der Waals surface area contributed by atoms with E-state index in [9.17, 15) is 18.6 Å². The number of nitrogens with zero attached hydrogens (tertiary/aromatic N) is 2. The summed E-state index contributed by atoms with van der Waals surface area (Å²) in [5.74, 6) is -0.958. The van der Waals surface area contributed by atoms with Crippen molar-refractivity contribution in [2.24, 2.45) is 0 Å². The number of nitrogen functional groups attached to an aromatic ring is 1. The van der Waals surface area contributed by atoms with Crippen molar-refractivity contribution < 1.29 is 23.1 Å². The van der Waals surface area contributed by atoms with E-state index in [0.717, 1.165) is 10.8 Å². The van der Waals surface area contributed by atoms with Gasteiger partial charge < -0.3 is 15.4 Å². The number of ether oxygens (including phenoxy) is 1. The smallest absolute Gasteiger partial charge is 0.488 e.